The van der Waals surface area contributed by atoms with Crippen LogP contribution in [0.5, 0.6) is 0 Å². The zero-order valence-electron chi connectivity index (χ0n) is 15.7. The number of hydrogen-bond acceptors (Lipinski definition) is 6. The zero-order valence-corrected chi connectivity index (χ0v) is 17.2. The molecule has 5 N–H and O–H groups in total. The third kappa shape index (κ3) is 4.14. The van der Waals surface area contributed by atoms with Crippen molar-refractivity contribution >= 4 is 46.2 Å². The monoisotopic (exact) mass is 457 g/mol. The van der Waals surface area contributed by atoms with E-state index in [0.717, 1.165) is 0 Å². The van der Waals surface area contributed by atoms with E-state index in [1.165, 1.54) is 59.8 Å². The molecule has 4 rings (SSSR count). The molecule has 0 unspecified atom stereocenters. The molecule has 0 radical (unpaired) electrons. The van der Waals surface area contributed by atoms with Crippen molar-refractivity contribution in [2.75, 3.05) is 16.8 Å². The molecule has 156 valence electrons. The molecule has 0 saturated carbocycles. The normalized spacial score (nSPS) is 10.8. The lowest BCUT2D eigenvalue weighted by Gasteiger charge is -2.13. The number of nitrogens with two attached hydrogens (primary N) is 2. The molecular weight excluding hydrogens is 444 g/mol. The van der Waals surface area contributed by atoms with Gasteiger partial charge in [-0.15, -0.1) is 4.80 Å². The number of hydrogen-bond donors (Lipinski definition) is 3. The summed E-state index contributed by atoms with van der Waals surface area (Å²) in [6.45, 7) is 0. The maximum absolute atomic E-state index is 13.3. The summed E-state index contributed by atoms with van der Waals surface area (Å²) in [5.74, 6) is -0.671. The number of aromatic nitrogens is 4. The van der Waals surface area contributed by atoms with E-state index >= 15 is 0 Å². The molecule has 0 aliphatic rings. The first kappa shape index (κ1) is 20.6. The van der Waals surface area contributed by atoms with E-state index in [9.17, 15) is 9.18 Å². The molecule has 31 heavy (non-hydrogen) atoms. The number of nitrogen functional groups attached to an aromatic ring is 2. The molecule has 0 saturated heterocycles. The van der Waals surface area contributed by atoms with E-state index in [0.29, 0.717) is 22.6 Å². The molecule has 0 spiro atoms. The molecule has 0 aliphatic carbocycles. The highest BCUT2D eigenvalue weighted by atomic mass is 35.5. The Hall–Kier alpha value is -3.69. The molecule has 0 atom stereocenters. The van der Waals surface area contributed by atoms with Crippen LogP contribution in [0, 0.1) is 5.82 Å². The van der Waals surface area contributed by atoms with Crippen LogP contribution >= 0.6 is 23.2 Å². The topological polar surface area (TPSA) is 125 Å². The summed E-state index contributed by atoms with van der Waals surface area (Å²) >= 11 is 12.5. The minimum atomic E-state index is -0.516. The van der Waals surface area contributed by atoms with Gasteiger partial charge >= 0.3 is 0 Å². The van der Waals surface area contributed by atoms with Gasteiger partial charge in [-0.1, -0.05) is 23.2 Å². The van der Waals surface area contributed by atoms with Crippen LogP contribution in [-0.4, -0.2) is 25.9 Å². The van der Waals surface area contributed by atoms with Gasteiger partial charge in [0.1, 0.15) is 5.82 Å². The van der Waals surface area contributed by atoms with Crippen molar-refractivity contribution in [3.8, 4) is 16.9 Å². The fourth-order valence-electron chi connectivity index (χ4n) is 2.95. The number of nitrogens with one attached hydrogen (secondary N) is 1. The number of benzene rings is 2. The predicted molar refractivity (Wildman–Crippen MR) is 118 cm³/mol. The molecule has 0 bridgehead atoms. The second-order valence-corrected chi connectivity index (χ2v) is 7.27. The van der Waals surface area contributed by atoms with Gasteiger partial charge in [0, 0.05) is 22.5 Å². The van der Waals surface area contributed by atoms with Crippen LogP contribution in [0.1, 0.15) is 10.4 Å². The van der Waals surface area contributed by atoms with E-state index in [1.807, 2.05) is 0 Å². The van der Waals surface area contributed by atoms with E-state index in [2.05, 4.69) is 20.5 Å². The molecule has 2 aromatic carbocycles. The van der Waals surface area contributed by atoms with Gasteiger partial charge < -0.3 is 16.8 Å². The standard InChI is InChI=1S/C20H14Cl2FN7O/c21-15-7-13(12-2-1-10(23)5-17(12)24)18(25)8-14(15)20(31)29-11-6-16(22)19(26-9-11)30-27-3-4-28-30/h1-9H,24-25H2,(H,29,31). The molecule has 0 aliphatic heterocycles. The first-order valence-corrected chi connectivity index (χ1v) is 9.57. The minimum absolute atomic E-state index is 0.137. The van der Waals surface area contributed by atoms with Crippen molar-refractivity contribution in [2.24, 2.45) is 0 Å². The van der Waals surface area contributed by atoms with Gasteiger partial charge in [-0.05, 0) is 36.4 Å². The lowest BCUT2D eigenvalue weighted by molar-refractivity contribution is 0.102. The highest BCUT2D eigenvalue weighted by Crippen LogP contribution is 2.35. The molecule has 4 aromatic rings. The Morgan fingerprint density at radius 3 is 2.35 bits per heavy atom. The number of anilines is 3. The van der Waals surface area contributed by atoms with Crippen molar-refractivity contribution in [2.45, 2.75) is 0 Å². The van der Waals surface area contributed by atoms with Crippen LogP contribution in [-0.2, 0) is 0 Å². The van der Waals surface area contributed by atoms with Crippen LogP contribution in [0.25, 0.3) is 16.9 Å². The molecule has 11 heteroatoms. The summed E-state index contributed by atoms with van der Waals surface area (Å²) in [7, 11) is 0. The summed E-state index contributed by atoms with van der Waals surface area (Å²) in [6, 6.07) is 8.38. The Kier molecular flexibility index (Phi) is 5.45. The van der Waals surface area contributed by atoms with Crippen molar-refractivity contribution in [3.63, 3.8) is 0 Å². The maximum atomic E-state index is 13.3. The van der Waals surface area contributed by atoms with Crippen molar-refractivity contribution < 1.29 is 9.18 Å². The first-order valence-electron chi connectivity index (χ1n) is 8.81. The molecule has 2 aromatic heterocycles. The summed E-state index contributed by atoms with van der Waals surface area (Å²) in [6.07, 6.45) is 4.39. The van der Waals surface area contributed by atoms with Gasteiger partial charge in [-0.25, -0.2) is 9.37 Å². The van der Waals surface area contributed by atoms with Gasteiger partial charge in [0.15, 0.2) is 5.82 Å². The second kappa shape index (κ2) is 8.21. The third-order valence-electron chi connectivity index (χ3n) is 4.38. The van der Waals surface area contributed by atoms with Crippen LogP contribution in [0.4, 0.5) is 21.5 Å². The molecule has 8 nitrogen and oxygen atoms in total. The van der Waals surface area contributed by atoms with Crippen molar-refractivity contribution in [1.29, 1.82) is 0 Å². The number of carbonyl (C=O) groups is 1. The van der Waals surface area contributed by atoms with Crippen LogP contribution < -0.4 is 16.8 Å². The smallest absolute Gasteiger partial charge is 0.257 e. The van der Waals surface area contributed by atoms with E-state index < -0.39 is 11.7 Å². The average Bonchev–Trinajstić information content (AvgIpc) is 3.24. The number of carbonyl (C=O) groups excluding carboxylic acids is 1. The quantitative estimate of drug-likeness (QED) is 0.394. The number of pyridine rings is 1. The summed E-state index contributed by atoms with van der Waals surface area (Å²) in [4.78, 5) is 18.2. The lowest BCUT2D eigenvalue weighted by Crippen LogP contribution is -2.14. The van der Waals surface area contributed by atoms with Crippen LogP contribution in [0.15, 0.2) is 55.0 Å². The van der Waals surface area contributed by atoms with Gasteiger partial charge in [0.05, 0.1) is 39.9 Å². The van der Waals surface area contributed by atoms with Crippen molar-refractivity contribution in [1.82, 2.24) is 20.0 Å². The molecular formula is C20H14Cl2FN7O. The van der Waals surface area contributed by atoms with Crippen LogP contribution in [0.3, 0.4) is 0 Å². The van der Waals surface area contributed by atoms with Crippen LogP contribution in [0.2, 0.25) is 10.0 Å². The van der Waals surface area contributed by atoms with E-state index in [4.69, 9.17) is 34.7 Å². The number of halogens is 3. The fourth-order valence-corrected chi connectivity index (χ4v) is 3.44. The Morgan fingerprint density at radius 2 is 1.68 bits per heavy atom. The first-order chi connectivity index (χ1) is 14.8. The number of nitrogens with zero attached hydrogens (tertiary/aromatic N) is 4. The Balaban J connectivity index is 1.61. The second-order valence-electron chi connectivity index (χ2n) is 6.45. The Morgan fingerprint density at radius 1 is 0.968 bits per heavy atom. The van der Waals surface area contributed by atoms with Gasteiger partial charge in [-0.2, -0.15) is 10.2 Å². The highest BCUT2D eigenvalue weighted by Gasteiger charge is 2.17. The molecule has 1 amide bonds. The van der Waals surface area contributed by atoms with E-state index in [-0.39, 0.29) is 27.0 Å². The molecule has 2 heterocycles. The largest absolute Gasteiger partial charge is 0.398 e. The van der Waals surface area contributed by atoms with Gasteiger partial charge in [0.25, 0.3) is 5.91 Å². The lowest BCUT2D eigenvalue weighted by atomic mass is 9.99. The summed E-state index contributed by atoms with van der Waals surface area (Å²) in [5, 5.41) is 11.0. The number of rotatable bonds is 4. The number of amides is 1. The van der Waals surface area contributed by atoms with Gasteiger partial charge in [0.2, 0.25) is 0 Å². The Labute approximate surface area is 185 Å². The maximum Gasteiger partial charge on any atom is 0.257 e. The minimum Gasteiger partial charge on any atom is -0.398 e. The SMILES string of the molecule is Nc1cc(F)ccc1-c1cc(Cl)c(C(=O)Nc2cnc(-n3nccn3)c(Cl)c2)cc1N. The summed E-state index contributed by atoms with van der Waals surface area (Å²) < 4.78 is 13.3. The fraction of sp³-hybridized carbons (Fsp3) is 0. The van der Waals surface area contributed by atoms with Gasteiger partial charge in [-0.3, -0.25) is 4.79 Å². The molecule has 0 fully saturated rings. The predicted octanol–water partition coefficient (Wildman–Crippen LogP) is 4.19. The highest BCUT2D eigenvalue weighted by molar-refractivity contribution is 6.35. The van der Waals surface area contributed by atoms with E-state index in [1.54, 1.807) is 0 Å². The average molecular weight is 458 g/mol. The summed E-state index contributed by atoms with van der Waals surface area (Å²) in [5.41, 5.74) is 13.9. The zero-order chi connectivity index (χ0) is 22.1. The Bertz CT molecular complexity index is 1300. The van der Waals surface area contributed by atoms with Crippen molar-refractivity contribution in [3.05, 3.63) is 76.4 Å². The third-order valence-corrected chi connectivity index (χ3v) is 4.97.